The minimum Gasteiger partial charge on any atom is -0.491 e. The van der Waals surface area contributed by atoms with Crippen molar-refractivity contribution in [3.05, 3.63) is 42.0 Å². The van der Waals surface area contributed by atoms with Crippen molar-refractivity contribution in [3.63, 3.8) is 0 Å². The number of benzene rings is 1. The van der Waals surface area contributed by atoms with Gasteiger partial charge in [-0.2, -0.15) is 13.2 Å². The molecule has 1 saturated carbocycles. The summed E-state index contributed by atoms with van der Waals surface area (Å²) < 4.78 is 49.8. The molecule has 1 aliphatic carbocycles. The predicted molar refractivity (Wildman–Crippen MR) is 114 cm³/mol. The van der Waals surface area contributed by atoms with Crippen LogP contribution in [0, 0.1) is 17.8 Å². The Balaban J connectivity index is 1.51. The number of rotatable bonds is 9. The van der Waals surface area contributed by atoms with E-state index in [0.29, 0.717) is 25.4 Å². The Morgan fingerprint density at radius 3 is 2.82 bits per heavy atom. The van der Waals surface area contributed by atoms with Crippen molar-refractivity contribution in [2.75, 3.05) is 13.2 Å². The van der Waals surface area contributed by atoms with E-state index in [-0.39, 0.29) is 36.7 Å². The Bertz CT molecular complexity index is 812. The van der Waals surface area contributed by atoms with E-state index in [1.54, 1.807) is 6.08 Å². The van der Waals surface area contributed by atoms with Gasteiger partial charge in [-0.3, -0.25) is 4.79 Å². The molecule has 1 aromatic carbocycles. The molecule has 1 heterocycles. The van der Waals surface area contributed by atoms with Crippen molar-refractivity contribution in [2.24, 2.45) is 17.8 Å². The third-order valence-corrected chi connectivity index (χ3v) is 6.48. The van der Waals surface area contributed by atoms with Gasteiger partial charge < -0.3 is 24.8 Å². The van der Waals surface area contributed by atoms with Crippen molar-refractivity contribution in [3.8, 4) is 5.75 Å². The lowest BCUT2D eigenvalue weighted by Crippen LogP contribution is -2.22. The maximum absolute atomic E-state index is 12.8. The lowest BCUT2D eigenvalue weighted by Gasteiger charge is -2.21. The fraction of sp³-hybridized carbons (Fsp3) is 0.625. The minimum absolute atomic E-state index is 0.0179. The maximum Gasteiger partial charge on any atom is 0.416 e. The highest BCUT2D eigenvalue weighted by Gasteiger charge is 2.43. The first-order chi connectivity index (χ1) is 15.6. The number of aliphatic hydroxyl groups is 2. The van der Waals surface area contributed by atoms with Crippen LogP contribution in [-0.2, 0) is 15.7 Å². The molecule has 0 spiro atoms. The highest BCUT2D eigenvalue weighted by atomic mass is 19.4. The lowest BCUT2D eigenvalue weighted by molar-refractivity contribution is -0.138. The van der Waals surface area contributed by atoms with Crippen LogP contribution < -0.4 is 4.74 Å². The molecule has 1 aromatic rings. The van der Waals surface area contributed by atoms with Gasteiger partial charge in [0, 0.05) is 25.4 Å². The molecule has 0 radical (unpaired) electrons. The molecule has 0 unspecified atom stereocenters. The van der Waals surface area contributed by atoms with E-state index in [4.69, 9.17) is 14.6 Å². The van der Waals surface area contributed by atoms with Gasteiger partial charge in [0.1, 0.15) is 18.5 Å². The summed E-state index contributed by atoms with van der Waals surface area (Å²) in [5.74, 6) is -0.592. The van der Waals surface area contributed by atoms with Crippen LogP contribution in [0.2, 0.25) is 0 Å². The molecule has 0 aromatic heterocycles. The van der Waals surface area contributed by atoms with Gasteiger partial charge in [-0.05, 0) is 55.7 Å². The number of carboxylic acids is 1. The van der Waals surface area contributed by atoms with Crippen molar-refractivity contribution in [1.82, 2.24) is 0 Å². The van der Waals surface area contributed by atoms with Crippen LogP contribution in [-0.4, -0.2) is 52.8 Å². The van der Waals surface area contributed by atoms with Gasteiger partial charge in [0.25, 0.3) is 0 Å². The second-order valence-corrected chi connectivity index (χ2v) is 8.93. The van der Waals surface area contributed by atoms with Gasteiger partial charge in [-0.1, -0.05) is 18.2 Å². The molecular weight excluding hydrogens is 441 g/mol. The average Bonchev–Trinajstić information content (AvgIpc) is 2.91. The van der Waals surface area contributed by atoms with Gasteiger partial charge in [-0.25, -0.2) is 0 Å². The van der Waals surface area contributed by atoms with Gasteiger partial charge in [0.05, 0.1) is 17.8 Å². The normalized spacial score (nSPS) is 28.9. The van der Waals surface area contributed by atoms with E-state index in [9.17, 15) is 28.2 Å². The minimum atomic E-state index is -4.47. The Kier molecular flexibility index (Phi) is 8.78. The third-order valence-electron chi connectivity index (χ3n) is 6.48. The summed E-state index contributed by atoms with van der Waals surface area (Å²) in [6.45, 7) is 0.342. The number of aliphatic carboxylic acids is 1. The van der Waals surface area contributed by atoms with Crippen LogP contribution >= 0.6 is 0 Å². The lowest BCUT2D eigenvalue weighted by atomic mass is 9.86. The molecule has 0 amide bonds. The molecule has 0 bridgehead atoms. The summed E-state index contributed by atoms with van der Waals surface area (Å²) in [4.78, 5) is 10.7. The van der Waals surface area contributed by atoms with Gasteiger partial charge in [0.15, 0.2) is 0 Å². The summed E-state index contributed by atoms with van der Waals surface area (Å²) in [5, 5.41) is 29.5. The summed E-state index contributed by atoms with van der Waals surface area (Å²) in [6.07, 6.45) is 0.848. The first kappa shape index (κ1) is 25.5. The summed E-state index contributed by atoms with van der Waals surface area (Å²) in [7, 11) is 0. The predicted octanol–water partition coefficient (Wildman–Crippen LogP) is 4.05. The molecule has 2 aliphatic rings. The molecule has 1 saturated heterocycles. The molecule has 6 atom stereocenters. The Morgan fingerprint density at radius 2 is 2.09 bits per heavy atom. The van der Waals surface area contributed by atoms with E-state index < -0.39 is 29.9 Å². The van der Waals surface area contributed by atoms with E-state index in [1.807, 2.05) is 0 Å². The first-order valence-electron chi connectivity index (χ1n) is 11.3. The average molecular weight is 473 g/mol. The first-order valence-corrected chi connectivity index (χ1v) is 11.3. The number of fused-ring (bicyclic) bond motifs is 1. The standard InChI is InChI=1S/C24H31F3O6/c25-24(26,27)16-4-2-5-18(11-16)32-14-17(28)8-10-19-20-9-7-15(3-1-6-23(30)31)13-33-22(20)12-21(19)29/h2,4-5,8,10-11,15,17,19-22,28-29H,1,3,6-7,9,12-14H2,(H,30,31)/b10-8+/t15-,17-,19+,20+,21+,22-/m0/s1. The Labute approximate surface area is 191 Å². The maximum atomic E-state index is 12.8. The van der Waals surface area contributed by atoms with Crippen molar-refractivity contribution >= 4 is 5.97 Å². The topological polar surface area (TPSA) is 96.2 Å². The van der Waals surface area contributed by atoms with E-state index in [2.05, 4.69) is 0 Å². The van der Waals surface area contributed by atoms with Crippen LogP contribution in [0.3, 0.4) is 0 Å². The molecule has 3 rings (SSSR count). The number of hydrogen-bond acceptors (Lipinski definition) is 5. The van der Waals surface area contributed by atoms with Gasteiger partial charge >= 0.3 is 12.1 Å². The van der Waals surface area contributed by atoms with Gasteiger partial charge in [0.2, 0.25) is 0 Å². The molecule has 6 nitrogen and oxygen atoms in total. The number of ether oxygens (including phenoxy) is 2. The van der Waals surface area contributed by atoms with Crippen LogP contribution in [0.1, 0.15) is 44.1 Å². The second kappa shape index (κ2) is 11.4. The fourth-order valence-electron chi connectivity index (χ4n) is 4.74. The van der Waals surface area contributed by atoms with Crippen molar-refractivity contribution in [2.45, 2.75) is 63.0 Å². The number of hydrogen-bond donors (Lipinski definition) is 3. The summed E-state index contributed by atoms with van der Waals surface area (Å²) >= 11 is 0. The quantitative estimate of drug-likeness (QED) is 0.470. The molecular formula is C24H31F3O6. The highest BCUT2D eigenvalue weighted by Crippen LogP contribution is 2.42. The zero-order valence-corrected chi connectivity index (χ0v) is 18.3. The van der Waals surface area contributed by atoms with Crippen LogP contribution in [0.15, 0.2) is 36.4 Å². The molecule has 3 N–H and O–H groups in total. The number of halogens is 3. The van der Waals surface area contributed by atoms with Crippen molar-refractivity contribution < 1.29 is 42.8 Å². The highest BCUT2D eigenvalue weighted by molar-refractivity contribution is 5.66. The largest absolute Gasteiger partial charge is 0.491 e. The van der Waals surface area contributed by atoms with Crippen LogP contribution in [0.4, 0.5) is 13.2 Å². The third kappa shape index (κ3) is 7.45. The zero-order chi connectivity index (χ0) is 24.0. The smallest absolute Gasteiger partial charge is 0.416 e. The number of alkyl halides is 3. The molecule has 1 aliphatic heterocycles. The Hall–Kier alpha value is -2.10. The Morgan fingerprint density at radius 1 is 1.30 bits per heavy atom. The number of aliphatic hydroxyl groups excluding tert-OH is 2. The zero-order valence-electron chi connectivity index (χ0n) is 18.3. The summed E-state index contributed by atoms with van der Waals surface area (Å²) in [5.41, 5.74) is -0.820. The van der Waals surface area contributed by atoms with Gasteiger partial charge in [-0.15, -0.1) is 0 Å². The summed E-state index contributed by atoms with van der Waals surface area (Å²) in [6, 6.07) is 4.48. The molecule has 33 heavy (non-hydrogen) atoms. The van der Waals surface area contributed by atoms with E-state index >= 15 is 0 Å². The number of carboxylic acid groups (broad SMARTS) is 1. The molecule has 2 fully saturated rings. The second-order valence-electron chi connectivity index (χ2n) is 8.93. The SMILES string of the molecule is O=C(O)CCC[C@H]1CC[C@@H]2[C@@H](/C=C/[C@H](O)COc3cccc(C(F)(F)F)c3)[C@H](O)C[C@@H]2OC1. The number of carbonyl (C=O) groups is 1. The van der Waals surface area contributed by atoms with Crippen LogP contribution in [0.5, 0.6) is 5.75 Å². The van der Waals surface area contributed by atoms with Crippen molar-refractivity contribution in [1.29, 1.82) is 0 Å². The van der Waals surface area contributed by atoms with E-state index in [0.717, 1.165) is 31.4 Å². The van der Waals surface area contributed by atoms with E-state index in [1.165, 1.54) is 18.2 Å². The molecule has 184 valence electrons. The van der Waals surface area contributed by atoms with Crippen LogP contribution in [0.25, 0.3) is 0 Å². The molecule has 9 heteroatoms. The fourth-order valence-corrected chi connectivity index (χ4v) is 4.74. The monoisotopic (exact) mass is 472 g/mol.